The molecule has 1 aliphatic rings. The summed E-state index contributed by atoms with van der Waals surface area (Å²) in [6.07, 6.45) is 1.86. The summed E-state index contributed by atoms with van der Waals surface area (Å²) < 4.78 is 13.8. The third kappa shape index (κ3) is 2.64. The molecule has 1 unspecified atom stereocenters. The van der Waals surface area contributed by atoms with Crippen molar-refractivity contribution in [1.29, 1.82) is 0 Å². The molecule has 1 aromatic heterocycles. The molecule has 0 radical (unpaired) electrons. The molecule has 0 amide bonds. The zero-order valence-corrected chi connectivity index (χ0v) is 12.6. The van der Waals surface area contributed by atoms with Crippen LogP contribution in [0.4, 0.5) is 0 Å². The summed E-state index contributed by atoms with van der Waals surface area (Å²) in [5, 5.41) is 8.13. The molecule has 0 bridgehead atoms. The Morgan fingerprint density at radius 2 is 2.05 bits per heavy atom. The van der Waals surface area contributed by atoms with E-state index in [-0.39, 0.29) is 6.04 Å². The molecule has 2 N–H and O–H groups in total. The Bertz CT molecular complexity index is 627. The van der Waals surface area contributed by atoms with E-state index in [1.54, 1.807) is 4.68 Å². The van der Waals surface area contributed by atoms with Gasteiger partial charge in [-0.2, -0.15) is 0 Å². The van der Waals surface area contributed by atoms with Gasteiger partial charge in [-0.15, -0.1) is 5.10 Å². The van der Waals surface area contributed by atoms with Crippen LogP contribution in [0.5, 0.6) is 11.5 Å². The lowest BCUT2D eigenvalue weighted by atomic mass is 10.2. The molecular weight excluding hydrogens is 324 g/mol. The van der Waals surface area contributed by atoms with Gasteiger partial charge in [-0.3, -0.25) is 0 Å². The predicted molar refractivity (Wildman–Crippen MR) is 76.9 cm³/mol. The van der Waals surface area contributed by atoms with Crippen LogP contribution in [0, 0.1) is 0 Å². The van der Waals surface area contributed by atoms with Crippen LogP contribution in [0.25, 0.3) is 0 Å². The van der Waals surface area contributed by atoms with Crippen LogP contribution >= 0.6 is 15.9 Å². The summed E-state index contributed by atoms with van der Waals surface area (Å²) in [4.78, 5) is 0. The van der Waals surface area contributed by atoms with E-state index in [1.807, 2.05) is 25.3 Å². The fraction of sp³-hybridized carbons (Fsp3) is 0.385. The van der Waals surface area contributed by atoms with E-state index in [4.69, 9.17) is 15.2 Å². The molecule has 2 heterocycles. The van der Waals surface area contributed by atoms with Crippen LogP contribution in [0.3, 0.4) is 0 Å². The maximum atomic E-state index is 5.78. The minimum Gasteiger partial charge on any atom is -0.486 e. The number of nitrogens with two attached hydrogens (primary N) is 1. The molecule has 106 valence electrons. The zero-order valence-electron chi connectivity index (χ0n) is 11.0. The summed E-state index contributed by atoms with van der Waals surface area (Å²) in [5.41, 5.74) is 7.61. The van der Waals surface area contributed by atoms with Gasteiger partial charge < -0.3 is 15.2 Å². The van der Waals surface area contributed by atoms with Gasteiger partial charge in [-0.1, -0.05) is 21.1 Å². The number of aromatic nitrogens is 3. The number of halogens is 1. The van der Waals surface area contributed by atoms with Gasteiger partial charge in [0.25, 0.3) is 0 Å². The average Bonchev–Trinajstić information content (AvgIpc) is 2.88. The van der Waals surface area contributed by atoms with Crippen molar-refractivity contribution in [3.63, 3.8) is 0 Å². The second-order valence-electron chi connectivity index (χ2n) is 4.72. The first-order valence-corrected chi connectivity index (χ1v) is 7.16. The van der Waals surface area contributed by atoms with Crippen molar-refractivity contribution < 1.29 is 9.47 Å². The largest absolute Gasteiger partial charge is 0.486 e. The second kappa shape index (κ2) is 5.41. The molecule has 6 nitrogen and oxygen atoms in total. The van der Waals surface area contributed by atoms with E-state index in [9.17, 15) is 0 Å². The van der Waals surface area contributed by atoms with Crippen molar-refractivity contribution in [2.45, 2.75) is 19.5 Å². The Kier molecular flexibility index (Phi) is 3.62. The first-order valence-electron chi connectivity index (χ1n) is 6.37. The summed E-state index contributed by atoms with van der Waals surface area (Å²) in [6, 6.07) is 3.77. The van der Waals surface area contributed by atoms with Gasteiger partial charge in [-0.05, 0) is 24.6 Å². The van der Waals surface area contributed by atoms with Gasteiger partial charge in [0, 0.05) is 10.5 Å². The maximum Gasteiger partial charge on any atom is 0.162 e. The van der Waals surface area contributed by atoms with E-state index < -0.39 is 0 Å². The Balaban J connectivity index is 1.86. The summed E-state index contributed by atoms with van der Waals surface area (Å²) in [6.45, 7) is 3.64. The molecule has 20 heavy (non-hydrogen) atoms. The van der Waals surface area contributed by atoms with Crippen molar-refractivity contribution in [1.82, 2.24) is 15.0 Å². The molecule has 0 saturated carbocycles. The molecule has 1 atom stereocenters. The highest BCUT2D eigenvalue weighted by atomic mass is 79.9. The Morgan fingerprint density at radius 3 is 2.70 bits per heavy atom. The number of ether oxygens (including phenoxy) is 2. The first kappa shape index (κ1) is 13.4. The molecule has 1 aliphatic heterocycles. The number of hydrogen-bond acceptors (Lipinski definition) is 5. The number of rotatable bonds is 3. The normalized spacial score (nSPS) is 15.2. The van der Waals surface area contributed by atoms with E-state index in [0.717, 1.165) is 27.2 Å². The third-order valence-corrected chi connectivity index (χ3v) is 3.80. The highest BCUT2D eigenvalue weighted by molar-refractivity contribution is 9.10. The lowest BCUT2D eigenvalue weighted by Crippen LogP contribution is -2.16. The summed E-state index contributed by atoms with van der Waals surface area (Å²) in [5.74, 6) is 1.53. The van der Waals surface area contributed by atoms with Crippen LogP contribution in [0.15, 0.2) is 22.8 Å². The molecule has 2 aromatic rings. The second-order valence-corrected chi connectivity index (χ2v) is 5.57. The van der Waals surface area contributed by atoms with Crippen LogP contribution in [0.1, 0.15) is 24.2 Å². The number of nitrogens with zero attached hydrogens (tertiary/aromatic N) is 3. The van der Waals surface area contributed by atoms with Gasteiger partial charge in [0.05, 0.1) is 18.4 Å². The highest BCUT2D eigenvalue weighted by Gasteiger charge is 2.15. The standard InChI is InChI=1S/C13H15BrN4O2/c1-8(15)11-7-18(17-16-11)6-9-4-12-13(5-10(9)14)20-3-2-19-12/h4-5,7-8H,2-3,6,15H2,1H3. The quantitative estimate of drug-likeness (QED) is 0.924. The molecule has 0 spiro atoms. The first-order chi connectivity index (χ1) is 9.63. The number of hydrogen-bond donors (Lipinski definition) is 1. The van der Waals surface area contributed by atoms with Crippen molar-refractivity contribution in [2.24, 2.45) is 5.73 Å². The van der Waals surface area contributed by atoms with E-state index in [1.165, 1.54) is 0 Å². The monoisotopic (exact) mass is 338 g/mol. The van der Waals surface area contributed by atoms with Gasteiger partial charge in [0.2, 0.25) is 0 Å². The Labute approximate surface area is 125 Å². The van der Waals surface area contributed by atoms with E-state index >= 15 is 0 Å². The van der Waals surface area contributed by atoms with E-state index in [2.05, 4.69) is 26.2 Å². The molecule has 3 rings (SSSR count). The van der Waals surface area contributed by atoms with Gasteiger partial charge in [-0.25, -0.2) is 4.68 Å². The zero-order chi connectivity index (χ0) is 14.1. The topological polar surface area (TPSA) is 75.2 Å². The Hall–Kier alpha value is -1.60. The number of fused-ring (bicyclic) bond motifs is 1. The van der Waals surface area contributed by atoms with Crippen LogP contribution in [0.2, 0.25) is 0 Å². The van der Waals surface area contributed by atoms with Gasteiger partial charge >= 0.3 is 0 Å². The van der Waals surface area contributed by atoms with Crippen LogP contribution in [-0.2, 0) is 6.54 Å². The van der Waals surface area contributed by atoms with Crippen LogP contribution in [-0.4, -0.2) is 28.2 Å². The van der Waals surface area contributed by atoms with Crippen molar-refractivity contribution in [2.75, 3.05) is 13.2 Å². The lowest BCUT2D eigenvalue weighted by Gasteiger charge is -2.19. The van der Waals surface area contributed by atoms with Crippen LogP contribution < -0.4 is 15.2 Å². The van der Waals surface area contributed by atoms with Crippen molar-refractivity contribution in [3.05, 3.63) is 34.1 Å². The maximum absolute atomic E-state index is 5.78. The van der Waals surface area contributed by atoms with Gasteiger partial charge in [0.15, 0.2) is 11.5 Å². The van der Waals surface area contributed by atoms with Crippen molar-refractivity contribution in [3.8, 4) is 11.5 Å². The fourth-order valence-corrected chi connectivity index (χ4v) is 2.45. The lowest BCUT2D eigenvalue weighted by molar-refractivity contribution is 0.171. The SMILES string of the molecule is CC(N)c1cn(Cc2cc3c(cc2Br)OCCO3)nn1. The minimum absolute atomic E-state index is 0.118. The minimum atomic E-state index is -0.118. The van der Waals surface area contributed by atoms with E-state index in [0.29, 0.717) is 19.8 Å². The molecule has 0 saturated heterocycles. The molecule has 0 aliphatic carbocycles. The highest BCUT2D eigenvalue weighted by Crippen LogP contribution is 2.35. The summed E-state index contributed by atoms with van der Waals surface area (Å²) in [7, 11) is 0. The fourth-order valence-electron chi connectivity index (χ4n) is 2.00. The number of benzene rings is 1. The predicted octanol–water partition coefficient (Wildman–Crippen LogP) is 1.88. The Morgan fingerprint density at radius 1 is 1.35 bits per heavy atom. The smallest absolute Gasteiger partial charge is 0.162 e. The average molecular weight is 339 g/mol. The molecular formula is C13H15BrN4O2. The molecule has 0 fully saturated rings. The van der Waals surface area contributed by atoms with Crippen molar-refractivity contribution >= 4 is 15.9 Å². The summed E-state index contributed by atoms with van der Waals surface area (Å²) >= 11 is 3.55. The van der Waals surface area contributed by atoms with Gasteiger partial charge in [0.1, 0.15) is 13.2 Å². The molecule has 1 aromatic carbocycles. The third-order valence-electron chi connectivity index (χ3n) is 3.07. The molecule has 7 heteroatoms.